The monoisotopic (exact) mass is 471 g/mol. The van der Waals surface area contributed by atoms with Crippen LogP contribution in [0.25, 0.3) is 0 Å². The summed E-state index contributed by atoms with van der Waals surface area (Å²) in [4.78, 5) is 40.1. The molecule has 167 valence electrons. The molecule has 0 rings (SSSR count). The van der Waals surface area contributed by atoms with Crippen LogP contribution >= 0.6 is 0 Å². The Balaban J connectivity index is -0.0000000158. The summed E-state index contributed by atoms with van der Waals surface area (Å²) in [5.74, 6) is -2.79. The van der Waals surface area contributed by atoms with E-state index in [1.165, 1.54) is 0 Å². The van der Waals surface area contributed by atoms with Gasteiger partial charge in [-0.05, 0) is 12.2 Å². The average molecular weight is 471 g/mol. The summed E-state index contributed by atoms with van der Waals surface area (Å²) in [6.45, 7) is 6.54. The normalized spacial score (nSPS) is 6.59. The van der Waals surface area contributed by atoms with Crippen molar-refractivity contribution in [1.29, 1.82) is 0 Å². The largest absolute Gasteiger partial charge is 0.478 e. The Labute approximate surface area is 195 Å². The summed E-state index contributed by atoms with van der Waals surface area (Å²) < 4.78 is 0. The summed E-state index contributed by atoms with van der Waals surface area (Å²) >= 11 is 0. The van der Waals surface area contributed by atoms with E-state index >= 15 is 0 Å². The molecule has 0 aliphatic heterocycles. The van der Waals surface area contributed by atoms with Crippen LogP contribution in [0.2, 0.25) is 0 Å². The van der Waals surface area contributed by atoms with Crippen LogP contribution in [0.15, 0.2) is 24.3 Å². The van der Waals surface area contributed by atoms with Crippen molar-refractivity contribution in [2.75, 3.05) is 0 Å². The second-order valence-electron chi connectivity index (χ2n) is 2.78. The SMILES string of the molecule is C.C.C.C.C.C.C.C.[CH2-]CC(=O)/C=C\C(=O)O.[CH2-]CC(=O)/C=C\C(=O)O.[Y]. The Bertz CT molecular complexity index is 339. The van der Waals surface area contributed by atoms with Gasteiger partial charge in [-0.3, -0.25) is 9.59 Å². The molecule has 0 amide bonds. The molecule has 27 heavy (non-hydrogen) atoms. The molecular weight excluding hydrogens is 425 g/mol. The van der Waals surface area contributed by atoms with Crippen LogP contribution in [0.1, 0.15) is 72.3 Å². The Morgan fingerprint density at radius 1 is 0.556 bits per heavy atom. The van der Waals surface area contributed by atoms with Gasteiger partial charge in [0, 0.05) is 44.9 Å². The summed E-state index contributed by atoms with van der Waals surface area (Å²) in [7, 11) is 0. The third kappa shape index (κ3) is 78.5. The molecule has 0 heterocycles. The fraction of sp³-hybridized carbons (Fsp3) is 0.500. The molecule has 2 N–H and O–H groups in total. The second-order valence-corrected chi connectivity index (χ2v) is 2.78. The number of ketones is 2. The molecule has 0 saturated carbocycles. The second kappa shape index (κ2) is 49.8. The van der Waals surface area contributed by atoms with Gasteiger partial charge in [0.05, 0.1) is 0 Å². The number of allylic oxidation sites excluding steroid dienone is 2. The van der Waals surface area contributed by atoms with Crippen LogP contribution in [0.4, 0.5) is 0 Å². The smallest absolute Gasteiger partial charge is 0.328 e. The molecule has 0 aromatic heterocycles. The minimum atomic E-state index is -1.11. The van der Waals surface area contributed by atoms with Crippen molar-refractivity contribution >= 4 is 23.5 Å². The molecule has 0 aliphatic rings. The molecule has 0 saturated heterocycles. The number of carboxylic acid groups (broad SMARTS) is 2. The van der Waals surface area contributed by atoms with Gasteiger partial charge < -0.3 is 24.1 Å². The number of aliphatic carboxylic acids is 2. The van der Waals surface area contributed by atoms with Gasteiger partial charge in [0.2, 0.25) is 0 Å². The van der Waals surface area contributed by atoms with E-state index in [0.29, 0.717) is 0 Å². The molecule has 1 radical (unpaired) electrons. The van der Waals surface area contributed by atoms with Crippen molar-refractivity contribution in [3.05, 3.63) is 38.2 Å². The molecule has 6 nitrogen and oxygen atoms in total. The predicted octanol–water partition coefficient (Wildman–Crippen LogP) is 5.93. The number of carbonyl (C=O) groups excluding carboxylic acids is 2. The summed E-state index contributed by atoms with van der Waals surface area (Å²) in [5, 5.41) is 16.0. The molecule has 0 unspecified atom stereocenters. The molecule has 0 atom stereocenters. The fourth-order valence-electron chi connectivity index (χ4n) is 0.495. The molecule has 0 spiro atoms. The first-order valence-corrected chi connectivity index (χ1v) is 4.79. The predicted molar refractivity (Wildman–Crippen MR) is 117 cm³/mol. The van der Waals surface area contributed by atoms with Gasteiger partial charge in [-0.25, -0.2) is 9.59 Å². The third-order valence-corrected chi connectivity index (χ3v) is 1.32. The van der Waals surface area contributed by atoms with Gasteiger partial charge in [0.25, 0.3) is 0 Å². The Morgan fingerprint density at radius 2 is 0.741 bits per heavy atom. The molecule has 0 aliphatic carbocycles. The van der Waals surface area contributed by atoms with Crippen LogP contribution in [0.3, 0.4) is 0 Å². The van der Waals surface area contributed by atoms with Crippen LogP contribution in [0, 0.1) is 13.8 Å². The van der Waals surface area contributed by atoms with Crippen molar-refractivity contribution in [1.82, 2.24) is 0 Å². The van der Waals surface area contributed by atoms with E-state index in [1.807, 2.05) is 0 Å². The number of hydrogen-bond acceptors (Lipinski definition) is 4. The topological polar surface area (TPSA) is 109 Å². The maximum atomic E-state index is 10.3. The van der Waals surface area contributed by atoms with Crippen molar-refractivity contribution < 1.29 is 62.1 Å². The zero-order valence-corrected chi connectivity index (χ0v) is 13.1. The fourth-order valence-corrected chi connectivity index (χ4v) is 0.495. The average Bonchev–Trinajstić information content (AvgIpc) is 2.33. The number of carboxylic acids is 2. The van der Waals surface area contributed by atoms with E-state index in [2.05, 4.69) is 13.8 Å². The van der Waals surface area contributed by atoms with Crippen molar-refractivity contribution in [3.63, 3.8) is 0 Å². The standard InChI is InChI=1S/2C6H7O3.8CH4.Y/c2*1-2-5(7)3-4-6(8)9;;;;;;;;;/h2*3-4H,1-2H2,(H,8,9);8*1H4;/q2*-1;;;;;;;;;/b2*4-3-;;;;;;;;;. The third-order valence-electron chi connectivity index (χ3n) is 1.32. The maximum absolute atomic E-state index is 10.3. The molecule has 0 bridgehead atoms. The molecular formula is C20H46O6Y-2. The van der Waals surface area contributed by atoms with Crippen molar-refractivity contribution in [2.45, 2.75) is 72.3 Å². The van der Waals surface area contributed by atoms with E-state index in [1.54, 1.807) is 0 Å². The first-order valence-electron chi connectivity index (χ1n) is 4.79. The van der Waals surface area contributed by atoms with Gasteiger partial charge >= 0.3 is 11.9 Å². The maximum Gasteiger partial charge on any atom is 0.328 e. The van der Waals surface area contributed by atoms with E-state index in [-0.39, 0.29) is 117 Å². The Kier molecular flexibility index (Phi) is 133. The zero-order chi connectivity index (χ0) is 14.6. The van der Waals surface area contributed by atoms with Crippen LogP contribution in [0.5, 0.6) is 0 Å². The van der Waals surface area contributed by atoms with Crippen LogP contribution in [-0.4, -0.2) is 33.7 Å². The van der Waals surface area contributed by atoms with Gasteiger partial charge in [0.15, 0.2) is 0 Å². The molecule has 0 aromatic carbocycles. The van der Waals surface area contributed by atoms with Crippen molar-refractivity contribution in [3.8, 4) is 0 Å². The van der Waals surface area contributed by atoms with E-state index in [0.717, 1.165) is 24.3 Å². The molecule has 0 aromatic rings. The minimum Gasteiger partial charge on any atom is -0.478 e. The van der Waals surface area contributed by atoms with Crippen LogP contribution < -0.4 is 0 Å². The molecule has 7 heteroatoms. The summed E-state index contributed by atoms with van der Waals surface area (Å²) in [5.41, 5.74) is 0. The van der Waals surface area contributed by atoms with Crippen LogP contribution in [-0.2, 0) is 51.9 Å². The van der Waals surface area contributed by atoms with E-state index in [9.17, 15) is 19.2 Å². The van der Waals surface area contributed by atoms with Crippen molar-refractivity contribution in [2.24, 2.45) is 0 Å². The zero-order valence-electron chi connectivity index (χ0n) is 10.2. The summed E-state index contributed by atoms with van der Waals surface area (Å²) in [6.07, 6.45) is 3.79. The van der Waals surface area contributed by atoms with Gasteiger partial charge in [0.1, 0.15) is 11.6 Å². The quantitative estimate of drug-likeness (QED) is 0.367. The first-order chi connectivity index (χ1) is 8.33. The Hall–Kier alpha value is -1.14. The van der Waals surface area contributed by atoms with Gasteiger partial charge in [-0.2, -0.15) is 0 Å². The Morgan fingerprint density at radius 3 is 0.852 bits per heavy atom. The number of carbonyl (C=O) groups is 4. The summed E-state index contributed by atoms with van der Waals surface area (Å²) in [6, 6.07) is 0. The van der Waals surface area contributed by atoms with Gasteiger partial charge in [-0.1, -0.05) is 59.4 Å². The number of rotatable bonds is 6. The first kappa shape index (κ1) is 72.4. The number of hydrogen-bond donors (Lipinski definition) is 2. The van der Waals surface area contributed by atoms with E-state index < -0.39 is 11.9 Å². The minimum absolute atomic E-state index is 0. The van der Waals surface area contributed by atoms with Gasteiger partial charge in [-0.15, -0.1) is 12.8 Å². The van der Waals surface area contributed by atoms with E-state index in [4.69, 9.17) is 10.2 Å². The molecule has 0 fully saturated rings.